The average molecular weight is 269 g/mol. The summed E-state index contributed by atoms with van der Waals surface area (Å²) in [5.74, 6) is 0.168. The molecule has 0 bridgehead atoms. The van der Waals surface area contributed by atoms with Gasteiger partial charge in [-0.3, -0.25) is 0 Å². The molecule has 0 saturated heterocycles. The van der Waals surface area contributed by atoms with Gasteiger partial charge in [0.15, 0.2) is 5.82 Å². The van der Waals surface area contributed by atoms with E-state index in [4.69, 9.17) is 5.73 Å². The number of nitrogens with two attached hydrogens (primary N) is 1. The van der Waals surface area contributed by atoms with Crippen LogP contribution in [0, 0.1) is 0 Å². The van der Waals surface area contributed by atoms with Crippen molar-refractivity contribution in [1.82, 2.24) is 9.97 Å². The Balaban J connectivity index is 2.35. The van der Waals surface area contributed by atoms with Gasteiger partial charge in [-0.05, 0) is 12.1 Å². The molecule has 18 heavy (non-hydrogen) atoms. The van der Waals surface area contributed by atoms with Gasteiger partial charge in [0, 0.05) is 5.56 Å². The Morgan fingerprint density at radius 1 is 1.22 bits per heavy atom. The first-order valence-electron chi connectivity index (χ1n) is 4.76. The molecule has 1 aromatic carbocycles. The number of hydrogen-bond donors (Lipinski definition) is 1. The monoisotopic (exact) mass is 269 g/mol. The van der Waals surface area contributed by atoms with E-state index in [2.05, 4.69) is 14.2 Å². The van der Waals surface area contributed by atoms with Crippen molar-refractivity contribution in [2.45, 2.75) is 0 Å². The van der Waals surface area contributed by atoms with E-state index in [-0.39, 0.29) is 5.75 Å². The standard InChI is InChI=1S/C10H8FN3O3S/c11-18(15,16)17-9-3-1-2-7(4-9)10-13-5-8(12)6-14-10/h1-6H,12H2. The maximum Gasteiger partial charge on any atom is 0.488 e. The topological polar surface area (TPSA) is 95.2 Å². The predicted octanol–water partition coefficient (Wildman–Crippen LogP) is 1.32. The van der Waals surface area contributed by atoms with Gasteiger partial charge < -0.3 is 9.92 Å². The predicted molar refractivity (Wildman–Crippen MR) is 62.5 cm³/mol. The highest BCUT2D eigenvalue weighted by molar-refractivity contribution is 7.81. The molecule has 0 radical (unpaired) electrons. The van der Waals surface area contributed by atoms with Crippen molar-refractivity contribution in [2.75, 3.05) is 5.73 Å². The molecule has 2 aromatic rings. The summed E-state index contributed by atoms with van der Waals surface area (Å²) in [6, 6.07) is 5.74. The van der Waals surface area contributed by atoms with Crippen LogP contribution in [-0.4, -0.2) is 18.4 Å². The molecule has 0 saturated carbocycles. The van der Waals surface area contributed by atoms with Gasteiger partial charge >= 0.3 is 10.5 Å². The summed E-state index contributed by atoms with van der Waals surface area (Å²) in [7, 11) is -5.04. The average Bonchev–Trinajstić information content (AvgIpc) is 2.28. The van der Waals surface area contributed by atoms with E-state index in [1.165, 1.54) is 30.6 Å². The Hall–Kier alpha value is -2.22. The third-order valence-corrected chi connectivity index (χ3v) is 2.35. The summed E-state index contributed by atoms with van der Waals surface area (Å²) in [5, 5.41) is 0. The Morgan fingerprint density at radius 2 is 1.89 bits per heavy atom. The summed E-state index contributed by atoms with van der Waals surface area (Å²) in [6.45, 7) is 0. The van der Waals surface area contributed by atoms with Gasteiger partial charge in [0.1, 0.15) is 5.75 Å². The second kappa shape index (κ2) is 4.57. The number of anilines is 1. The molecular weight excluding hydrogens is 261 g/mol. The van der Waals surface area contributed by atoms with Gasteiger partial charge in [-0.15, -0.1) is 0 Å². The minimum absolute atomic E-state index is 0.157. The number of benzene rings is 1. The number of nitrogens with zero attached hydrogens (tertiary/aromatic N) is 2. The zero-order valence-corrected chi connectivity index (χ0v) is 9.76. The van der Waals surface area contributed by atoms with E-state index >= 15 is 0 Å². The molecular formula is C10H8FN3O3S. The van der Waals surface area contributed by atoms with Gasteiger partial charge in [0.25, 0.3) is 0 Å². The van der Waals surface area contributed by atoms with Crippen molar-refractivity contribution >= 4 is 16.2 Å². The lowest BCUT2D eigenvalue weighted by Gasteiger charge is -2.03. The van der Waals surface area contributed by atoms with Crippen LogP contribution in [0.25, 0.3) is 11.4 Å². The SMILES string of the molecule is Nc1cnc(-c2cccc(OS(=O)(=O)F)c2)nc1. The van der Waals surface area contributed by atoms with Crippen molar-refractivity contribution in [1.29, 1.82) is 0 Å². The molecule has 0 aliphatic rings. The quantitative estimate of drug-likeness (QED) is 0.844. The lowest BCUT2D eigenvalue weighted by Crippen LogP contribution is -2.01. The summed E-state index contributed by atoms with van der Waals surface area (Å²) in [5.41, 5.74) is 6.32. The Kier molecular flexibility index (Phi) is 3.11. The molecule has 1 heterocycles. The first kappa shape index (κ1) is 12.2. The maximum absolute atomic E-state index is 12.4. The van der Waals surface area contributed by atoms with E-state index < -0.39 is 10.5 Å². The van der Waals surface area contributed by atoms with Crippen LogP contribution in [0.3, 0.4) is 0 Å². The van der Waals surface area contributed by atoms with Gasteiger partial charge in [0.2, 0.25) is 0 Å². The molecule has 0 amide bonds. The van der Waals surface area contributed by atoms with Crippen LogP contribution >= 0.6 is 0 Å². The molecule has 0 aliphatic heterocycles. The fourth-order valence-electron chi connectivity index (χ4n) is 1.29. The molecule has 0 atom stereocenters. The molecule has 1 aromatic heterocycles. The third kappa shape index (κ3) is 3.14. The van der Waals surface area contributed by atoms with Gasteiger partial charge in [0.05, 0.1) is 18.1 Å². The minimum Gasteiger partial charge on any atom is -0.396 e. The van der Waals surface area contributed by atoms with Crippen molar-refractivity contribution in [2.24, 2.45) is 0 Å². The summed E-state index contributed by atoms with van der Waals surface area (Å²) < 4.78 is 37.2. The molecule has 6 nitrogen and oxygen atoms in total. The second-order valence-corrected chi connectivity index (χ2v) is 4.30. The van der Waals surface area contributed by atoms with Crippen LogP contribution in [-0.2, 0) is 10.5 Å². The van der Waals surface area contributed by atoms with E-state index in [0.717, 1.165) is 0 Å². The summed E-state index contributed by atoms with van der Waals surface area (Å²) in [4.78, 5) is 7.90. The number of halogens is 1. The summed E-state index contributed by atoms with van der Waals surface area (Å²) >= 11 is 0. The van der Waals surface area contributed by atoms with Crippen molar-refractivity contribution in [3.05, 3.63) is 36.7 Å². The molecule has 94 valence electrons. The van der Waals surface area contributed by atoms with Crippen LogP contribution in [0.4, 0.5) is 9.57 Å². The van der Waals surface area contributed by atoms with E-state index in [1.807, 2.05) is 0 Å². The fourth-order valence-corrected chi connectivity index (χ4v) is 1.62. The first-order valence-corrected chi connectivity index (χ1v) is 6.07. The Morgan fingerprint density at radius 3 is 2.50 bits per heavy atom. The van der Waals surface area contributed by atoms with Crippen LogP contribution < -0.4 is 9.92 Å². The maximum atomic E-state index is 12.4. The van der Waals surface area contributed by atoms with Crippen LogP contribution in [0.15, 0.2) is 36.7 Å². The van der Waals surface area contributed by atoms with E-state index in [9.17, 15) is 12.3 Å². The minimum atomic E-state index is -5.04. The Labute approximate surface area is 103 Å². The zero-order valence-electron chi connectivity index (χ0n) is 8.95. The van der Waals surface area contributed by atoms with E-state index in [1.54, 1.807) is 6.07 Å². The van der Waals surface area contributed by atoms with Gasteiger partial charge in [-0.1, -0.05) is 16.0 Å². The van der Waals surface area contributed by atoms with E-state index in [0.29, 0.717) is 17.1 Å². The number of nitrogen functional groups attached to an aromatic ring is 1. The highest BCUT2D eigenvalue weighted by Gasteiger charge is 2.10. The smallest absolute Gasteiger partial charge is 0.396 e. The number of rotatable bonds is 3. The Bertz CT molecular complexity index is 658. The van der Waals surface area contributed by atoms with Crippen molar-refractivity contribution in [3.8, 4) is 17.1 Å². The fraction of sp³-hybridized carbons (Fsp3) is 0. The molecule has 2 N–H and O–H groups in total. The molecule has 8 heteroatoms. The lowest BCUT2D eigenvalue weighted by molar-refractivity contribution is 0.440. The second-order valence-electron chi connectivity index (χ2n) is 3.34. The van der Waals surface area contributed by atoms with Gasteiger partial charge in [-0.25, -0.2) is 9.97 Å². The van der Waals surface area contributed by atoms with Crippen molar-refractivity contribution in [3.63, 3.8) is 0 Å². The third-order valence-electron chi connectivity index (χ3n) is 1.96. The lowest BCUT2D eigenvalue weighted by atomic mass is 10.2. The molecule has 0 aliphatic carbocycles. The zero-order chi connectivity index (χ0) is 13.2. The highest BCUT2D eigenvalue weighted by atomic mass is 32.3. The first-order chi connectivity index (χ1) is 8.44. The largest absolute Gasteiger partial charge is 0.488 e. The number of hydrogen-bond acceptors (Lipinski definition) is 6. The van der Waals surface area contributed by atoms with Crippen molar-refractivity contribution < 1.29 is 16.5 Å². The highest BCUT2D eigenvalue weighted by Crippen LogP contribution is 2.22. The molecule has 0 fully saturated rings. The normalized spacial score (nSPS) is 11.2. The van der Waals surface area contributed by atoms with Gasteiger partial charge in [-0.2, -0.15) is 8.42 Å². The van der Waals surface area contributed by atoms with Crippen LogP contribution in [0.2, 0.25) is 0 Å². The molecule has 0 spiro atoms. The van der Waals surface area contributed by atoms with Crippen LogP contribution in [0.5, 0.6) is 5.75 Å². The summed E-state index contributed by atoms with van der Waals surface area (Å²) in [6.07, 6.45) is 2.81. The molecule has 2 rings (SSSR count). The molecule has 0 unspecified atom stereocenters. The van der Waals surface area contributed by atoms with Crippen LogP contribution in [0.1, 0.15) is 0 Å². The number of aromatic nitrogens is 2.